The summed E-state index contributed by atoms with van der Waals surface area (Å²) >= 11 is 0. The Morgan fingerprint density at radius 3 is 2.58 bits per heavy atom. The van der Waals surface area contributed by atoms with Crippen LogP contribution in [-0.4, -0.2) is 27.1 Å². The van der Waals surface area contributed by atoms with Gasteiger partial charge in [0.1, 0.15) is 12.1 Å². The van der Waals surface area contributed by atoms with Crippen LogP contribution in [0.3, 0.4) is 0 Å². The van der Waals surface area contributed by atoms with Gasteiger partial charge in [-0.25, -0.2) is 0 Å². The minimum absolute atomic E-state index is 0.0113. The molecule has 0 saturated heterocycles. The highest BCUT2D eigenvalue weighted by atomic mass is 15.7. The van der Waals surface area contributed by atoms with Crippen molar-refractivity contribution in [1.29, 1.82) is 10.5 Å². The molecular formula is C34H35N9. The van der Waals surface area contributed by atoms with E-state index in [9.17, 15) is 10.5 Å². The third-order valence-corrected chi connectivity index (χ3v) is 8.79. The van der Waals surface area contributed by atoms with Gasteiger partial charge in [-0.3, -0.25) is 15.0 Å². The molecule has 0 amide bonds. The summed E-state index contributed by atoms with van der Waals surface area (Å²) in [6, 6.07) is 18.4. The van der Waals surface area contributed by atoms with Crippen molar-refractivity contribution < 1.29 is 0 Å². The Labute approximate surface area is 251 Å². The minimum atomic E-state index is -0.275. The Morgan fingerprint density at radius 2 is 1.86 bits per heavy atom. The quantitative estimate of drug-likeness (QED) is 0.195. The summed E-state index contributed by atoms with van der Waals surface area (Å²) in [6.07, 6.45) is 10.5. The maximum absolute atomic E-state index is 10.2. The summed E-state index contributed by atoms with van der Waals surface area (Å²) in [4.78, 5) is 9.14. The molecule has 3 heterocycles. The molecule has 4 N–H and O–H groups in total. The van der Waals surface area contributed by atoms with Gasteiger partial charge in [0.2, 0.25) is 0 Å². The molecule has 9 nitrogen and oxygen atoms in total. The van der Waals surface area contributed by atoms with Gasteiger partial charge >= 0.3 is 0 Å². The van der Waals surface area contributed by atoms with Crippen molar-refractivity contribution in [2.75, 3.05) is 17.2 Å². The van der Waals surface area contributed by atoms with Gasteiger partial charge in [-0.1, -0.05) is 39.0 Å². The van der Waals surface area contributed by atoms with Crippen LogP contribution < -0.4 is 21.6 Å². The van der Waals surface area contributed by atoms with Crippen molar-refractivity contribution in [3.05, 3.63) is 83.4 Å². The molecule has 7 rings (SSSR count). The fraction of sp³-hybridized carbons (Fsp3) is 0.353. The lowest BCUT2D eigenvalue weighted by Crippen LogP contribution is -2.46. The van der Waals surface area contributed by atoms with Crippen molar-refractivity contribution in [1.82, 2.24) is 25.9 Å². The molecule has 1 atom stereocenters. The molecule has 2 aromatic carbocycles. The van der Waals surface area contributed by atoms with Crippen LogP contribution in [0.25, 0.3) is 21.8 Å². The lowest BCUT2D eigenvalue weighted by Gasteiger charge is -2.26. The highest BCUT2D eigenvalue weighted by Crippen LogP contribution is 2.57. The highest BCUT2D eigenvalue weighted by molar-refractivity contribution is 5.99. The first-order valence-corrected chi connectivity index (χ1v) is 14.9. The molecule has 0 radical (unpaired) electrons. The number of rotatable bonds is 8. The van der Waals surface area contributed by atoms with E-state index in [-0.39, 0.29) is 17.0 Å². The van der Waals surface area contributed by atoms with Crippen LogP contribution in [0.2, 0.25) is 0 Å². The Morgan fingerprint density at radius 1 is 1.05 bits per heavy atom. The van der Waals surface area contributed by atoms with E-state index in [1.165, 1.54) is 25.7 Å². The van der Waals surface area contributed by atoms with Gasteiger partial charge < -0.3 is 16.1 Å². The number of nitriles is 2. The average Bonchev–Trinajstić information content (AvgIpc) is 3.95. The van der Waals surface area contributed by atoms with E-state index in [0.29, 0.717) is 28.9 Å². The van der Waals surface area contributed by atoms with Crippen LogP contribution in [0.4, 0.5) is 11.4 Å². The summed E-state index contributed by atoms with van der Waals surface area (Å²) in [5, 5.41) is 31.4. The zero-order chi connectivity index (χ0) is 29.8. The van der Waals surface area contributed by atoms with Gasteiger partial charge in [0.15, 0.2) is 0 Å². The second-order valence-corrected chi connectivity index (χ2v) is 13.2. The number of benzene rings is 2. The Balaban J connectivity index is 1.34. The van der Waals surface area contributed by atoms with Crippen LogP contribution in [0, 0.1) is 34.0 Å². The topological polar surface area (TPSA) is 125 Å². The summed E-state index contributed by atoms with van der Waals surface area (Å²) in [7, 11) is 0. The molecule has 3 aliphatic rings. The number of anilines is 2. The number of fused-ring (bicyclic) bond motifs is 2. The fourth-order valence-electron chi connectivity index (χ4n) is 6.28. The third-order valence-electron chi connectivity index (χ3n) is 8.79. The smallest absolute Gasteiger partial charge is 0.103 e. The minimum Gasteiger partial charge on any atom is -0.383 e. The number of nitrogens with zero attached hydrogens (tertiary/aromatic N) is 5. The maximum atomic E-state index is 10.2. The van der Waals surface area contributed by atoms with Gasteiger partial charge in [0.05, 0.1) is 45.1 Å². The Bertz CT molecular complexity index is 1840. The first kappa shape index (κ1) is 27.0. The molecular weight excluding hydrogens is 534 g/mol. The standard InChI is InChI=1S/C34H35N9/c1-33(2,3)20-39-31-22(17-36)18-38-30-21(16-35)14-24(15-27(30)31)40-32(26-6-4-8-28-25(26)7-5-13-37-28)29-19-43(42-41-29)34(11-12-34)23-9-10-23/h4-8,13-15,18-19,23,32,40-42H,9-12,20H2,1-3H3,(H,38,39)/t32-/m0/s1. The Hall–Kier alpha value is -4.86. The first-order chi connectivity index (χ1) is 20.8. The van der Waals surface area contributed by atoms with Gasteiger partial charge in [-0.15, -0.1) is 5.53 Å². The van der Waals surface area contributed by atoms with E-state index in [2.05, 4.69) is 87.8 Å². The van der Waals surface area contributed by atoms with E-state index in [1.807, 2.05) is 36.5 Å². The van der Waals surface area contributed by atoms with Crippen molar-refractivity contribution >= 4 is 33.2 Å². The normalized spacial score (nSPS) is 18.0. The van der Waals surface area contributed by atoms with Crippen molar-refractivity contribution in [3.63, 3.8) is 0 Å². The lowest BCUT2D eigenvalue weighted by atomic mass is 9.96. The van der Waals surface area contributed by atoms with Crippen molar-refractivity contribution in [2.45, 2.75) is 58.0 Å². The Kier molecular flexibility index (Phi) is 6.37. The lowest BCUT2D eigenvalue weighted by molar-refractivity contribution is 0.156. The summed E-state index contributed by atoms with van der Waals surface area (Å²) in [6.45, 7) is 7.08. The predicted octanol–water partition coefficient (Wildman–Crippen LogP) is 6.25. The molecule has 0 unspecified atom stereocenters. The van der Waals surface area contributed by atoms with Gasteiger partial charge in [0.25, 0.3) is 0 Å². The molecule has 43 heavy (non-hydrogen) atoms. The van der Waals surface area contributed by atoms with Gasteiger partial charge in [0, 0.05) is 41.6 Å². The molecule has 2 aromatic heterocycles. The summed E-state index contributed by atoms with van der Waals surface area (Å²) < 4.78 is 0. The first-order valence-electron chi connectivity index (χ1n) is 14.9. The molecule has 216 valence electrons. The van der Waals surface area contributed by atoms with E-state index in [4.69, 9.17) is 0 Å². The molecule has 2 aliphatic carbocycles. The fourth-order valence-corrected chi connectivity index (χ4v) is 6.28. The molecule has 0 spiro atoms. The van der Waals surface area contributed by atoms with Crippen molar-refractivity contribution in [2.24, 2.45) is 11.3 Å². The zero-order valence-electron chi connectivity index (χ0n) is 24.7. The van der Waals surface area contributed by atoms with Crippen LogP contribution in [-0.2, 0) is 0 Å². The second kappa shape index (κ2) is 10.1. The van der Waals surface area contributed by atoms with Crippen molar-refractivity contribution in [3.8, 4) is 12.1 Å². The number of hydrogen-bond acceptors (Lipinski definition) is 9. The van der Waals surface area contributed by atoms with Crippen LogP contribution in [0.15, 0.2) is 66.8 Å². The van der Waals surface area contributed by atoms with E-state index in [0.717, 1.165) is 39.2 Å². The maximum Gasteiger partial charge on any atom is 0.103 e. The summed E-state index contributed by atoms with van der Waals surface area (Å²) in [5.41, 5.74) is 13.0. The van der Waals surface area contributed by atoms with Gasteiger partial charge in [-0.2, -0.15) is 10.5 Å². The van der Waals surface area contributed by atoms with E-state index in [1.54, 1.807) is 6.20 Å². The molecule has 0 bridgehead atoms. The zero-order valence-corrected chi connectivity index (χ0v) is 24.7. The SMILES string of the molecule is CC(C)(C)CNc1c(C#N)cnc2c(C#N)cc(N[C@H](C3=CN(C4(C5CC5)CC4)NN3)c3cccc4ncccc34)cc12. The van der Waals surface area contributed by atoms with Gasteiger partial charge in [-0.05, 0) is 66.8 Å². The monoisotopic (exact) mass is 569 g/mol. The highest BCUT2D eigenvalue weighted by Gasteiger charge is 2.58. The molecule has 4 aromatic rings. The molecule has 2 fully saturated rings. The summed E-state index contributed by atoms with van der Waals surface area (Å²) in [5.74, 6) is 0.741. The van der Waals surface area contributed by atoms with Crippen LogP contribution in [0.5, 0.6) is 0 Å². The molecule has 2 saturated carbocycles. The van der Waals surface area contributed by atoms with E-state index >= 15 is 0 Å². The number of hydrazine groups is 2. The molecule has 9 heteroatoms. The average molecular weight is 570 g/mol. The number of hydrogen-bond donors (Lipinski definition) is 4. The number of nitrogens with one attached hydrogen (secondary N) is 4. The number of aromatic nitrogens is 2. The largest absolute Gasteiger partial charge is 0.383 e. The molecule has 1 aliphatic heterocycles. The predicted molar refractivity (Wildman–Crippen MR) is 168 cm³/mol. The second-order valence-electron chi connectivity index (χ2n) is 13.2. The van der Waals surface area contributed by atoms with Crippen LogP contribution >= 0.6 is 0 Å². The van der Waals surface area contributed by atoms with E-state index < -0.39 is 0 Å². The van der Waals surface area contributed by atoms with Crippen LogP contribution in [0.1, 0.15) is 69.2 Å². The number of pyridine rings is 2. The third kappa shape index (κ3) is 4.96.